The van der Waals surface area contributed by atoms with Crippen molar-refractivity contribution >= 4 is 22.7 Å². The quantitative estimate of drug-likeness (QED) is 0.624. The van der Waals surface area contributed by atoms with Crippen LogP contribution in [0.3, 0.4) is 0 Å². The molecule has 2 aliphatic rings. The van der Waals surface area contributed by atoms with E-state index in [9.17, 15) is 0 Å². The fourth-order valence-corrected chi connectivity index (χ4v) is 2.79. The average molecular weight is 238 g/mol. The molecule has 2 aliphatic carbocycles. The number of anilines is 1. The minimum absolute atomic E-state index is 0.641. The zero-order valence-electron chi connectivity index (χ0n) is 9.93. The molecule has 2 aromatic rings. The van der Waals surface area contributed by atoms with Gasteiger partial charge in [0.2, 0.25) is 5.95 Å². The fourth-order valence-electron chi connectivity index (χ4n) is 2.79. The number of fused-ring (bicyclic) bond motifs is 2. The van der Waals surface area contributed by atoms with Gasteiger partial charge in [0, 0.05) is 11.6 Å². The van der Waals surface area contributed by atoms with E-state index >= 15 is 0 Å². The van der Waals surface area contributed by atoms with Gasteiger partial charge in [0.25, 0.3) is 0 Å². The second-order valence-electron chi connectivity index (χ2n) is 4.96. The highest BCUT2D eigenvalue weighted by Gasteiger charge is 2.37. The zero-order chi connectivity index (χ0) is 11.9. The number of hydrogen-bond donors (Lipinski definition) is 2. The lowest BCUT2D eigenvalue weighted by atomic mass is 9.74. The summed E-state index contributed by atoms with van der Waals surface area (Å²) in [4.78, 5) is 7.65. The predicted molar refractivity (Wildman–Crippen MR) is 72.5 cm³/mol. The van der Waals surface area contributed by atoms with Crippen LogP contribution in [0.1, 0.15) is 12.8 Å². The third kappa shape index (κ3) is 1.45. The van der Waals surface area contributed by atoms with Crippen LogP contribution in [0.4, 0.5) is 5.95 Å². The monoisotopic (exact) mass is 238 g/mol. The number of allylic oxidation sites excluding steroid dienone is 2. The Labute approximate surface area is 105 Å². The molecule has 0 unspecified atom stereocenters. The first-order valence-corrected chi connectivity index (χ1v) is 6.34. The Bertz CT molecular complexity index is 620. The van der Waals surface area contributed by atoms with Gasteiger partial charge in [0.15, 0.2) is 0 Å². The summed E-state index contributed by atoms with van der Waals surface area (Å²) in [6, 6.07) is 7.99. The van der Waals surface area contributed by atoms with Gasteiger partial charge < -0.3 is 4.98 Å². The summed E-state index contributed by atoms with van der Waals surface area (Å²) in [5, 5.41) is 4.47. The number of imidazole rings is 1. The lowest BCUT2D eigenvalue weighted by Gasteiger charge is -2.31. The molecule has 4 heteroatoms. The third-order valence-electron chi connectivity index (χ3n) is 3.86. The topological polar surface area (TPSA) is 53.1 Å². The van der Waals surface area contributed by atoms with Crippen molar-refractivity contribution in [1.29, 1.82) is 0 Å². The van der Waals surface area contributed by atoms with E-state index in [4.69, 9.17) is 0 Å². The Morgan fingerprint density at radius 3 is 3.17 bits per heavy atom. The number of nitrogens with zero attached hydrogens (tertiary/aromatic N) is 2. The largest absolute Gasteiger partial charge is 0.323 e. The molecule has 0 spiro atoms. The van der Waals surface area contributed by atoms with Gasteiger partial charge in [-0.05, 0) is 30.9 Å². The molecule has 18 heavy (non-hydrogen) atoms. The molecule has 0 radical (unpaired) electrons. The van der Waals surface area contributed by atoms with Crippen molar-refractivity contribution in [2.45, 2.75) is 12.8 Å². The van der Waals surface area contributed by atoms with Crippen molar-refractivity contribution in [1.82, 2.24) is 9.97 Å². The van der Waals surface area contributed by atoms with E-state index in [0.717, 1.165) is 35.7 Å². The van der Waals surface area contributed by atoms with E-state index in [2.05, 4.69) is 32.6 Å². The Kier molecular flexibility index (Phi) is 2.03. The lowest BCUT2D eigenvalue weighted by Crippen LogP contribution is -2.33. The molecule has 4 nitrogen and oxygen atoms in total. The lowest BCUT2D eigenvalue weighted by molar-refractivity contribution is 0.466. The molecular weight excluding hydrogens is 224 g/mol. The van der Waals surface area contributed by atoms with Crippen molar-refractivity contribution in [3.63, 3.8) is 0 Å². The van der Waals surface area contributed by atoms with Crippen molar-refractivity contribution in [2.75, 3.05) is 5.43 Å². The number of benzene rings is 1. The molecule has 1 saturated carbocycles. The summed E-state index contributed by atoms with van der Waals surface area (Å²) in [6.45, 7) is 0. The maximum atomic E-state index is 4.47. The first-order valence-electron chi connectivity index (χ1n) is 6.34. The second-order valence-corrected chi connectivity index (χ2v) is 4.96. The van der Waals surface area contributed by atoms with Crippen LogP contribution >= 0.6 is 0 Å². The van der Waals surface area contributed by atoms with Crippen LogP contribution in [0.5, 0.6) is 0 Å². The first kappa shape index (κ1) is 9.88. The van der Waals surface area contributed by atoms with Crippen LogP contribution in [0.2, 0.25) is 0 Å². The van der Waals surface area contributed by atoms with Gasteiger partial charge in [-0.1, -0.05) is 24.3 Å². The summed E-state index contributed by atoms with van der Waals surface area (Å²) in [6.07, 6.45) is 6.81. The average Bonchev–Trinajstić information content (AvgIpc) is 2.93. The van der Waals surface area contributed by atoms with Gasteiger partial charge in [0.1, 0.15) is 0 Å². The molecule has 1 aromatic carbocycles. The van der Waals surface area contributed by atoms with Crippen LogP contribution < -0.4 is 5.43 Å². The smallest absolute Gasteiger partial charge is 0.222 e. The molecule has 1 aromatic heterocycles. The van der Waals surface area contributed by atoms with Gasteiger partial charge in [-0.15, -0.1) is 0 Å². The van der Waals surface area contributed by atoms with Gasteiger partial charge in [-0.25, -0.2) is 10.4 Å². The summed E-state index contributed by atoms with van der Waals surface area (Å²) in [7, 11) is 0. The Morgan fingerprint density at radius 2 is 2.28 bits per heavy atom. The highest BCUT2D eigenvalue weighted by molar-refractivity contribution is 5.94. The summed E-state index contributed by atoms with van der Waals surface area (Å²) >= 11 is 0. The number of rotatable bonds is 2. The highest BCUT2D eigenvalue weighted by atomic mass is 15.4. The highest BCUT2D eigenvalue weighted by Crippen LogP contribution is 2.40. The molecule has 0 bridgehead atoms. The molecule has 0 saturated heterocycles. The minimum atomic E-state index is 0.641. The van der Waals surface area contributed by atoms with Crippen LogP contribution in [0.15, 0.2) is 41.5 Å². The molecule has 0 aliphatic heterocycles. The number of para-hydroxylation sites is 2. The second kappa shape index (κ2) is 3.70. The van der Waals surface area contributed by atoms with Gasteiger partial charge in [0.05, 0.1) is 11.0 Å². The summed E-state index contributed by atoms with van der Waals surface area (Å²) in [5.41, 5.74) is 6.31. The van der Waals surface area contributed by atoms with Crippen LogP contribution in [-0.4, -0.2) is 15.7 Å². The number of hydrogen-bond acceptors (Lipinski definition) is 3. The Balaban J connectivity index is 1.53. The predicted octanol–water partition coefficient (Wildman–Crippen LogP) is 2.93. The van der Waals surface area contributed by atoms with Crippen LogP contribution in [-0.2, 0) is 0 Å². The zero-order valence-corrected chi connectivity index (χ0v) is 9.93. The van der Waals surface area contributed by atoms with E-state index in [1.54, 1.807) is 0 Å². The summed E-state index contributed by atoms with van der Waals surface area (Å²) in [5.74, 6) is 2.10. The third-order valence-corrected chi connectivity index (χ3v) is 3.86. The van der Waals surface area contributed by atoms with Crippen molar-refractivity contribution < 1.29 is 0 Å². The number of aromatic nitrogens is 2. The summed E-state index contributed by atoms with van der Waals surface area (Å²) < 4.78 is 0. The number of hydrazone groups is 1. The molecule has 2 atom stereocenters. The number of nitrogens with one attached hydrogen (secondary N) is 2. The van der Waals surface area contributed by atoms with Crippen molar-refractivity contribution in [2.24, 2.45) is 16.9 Å². The fraction of sp³-hybridized carbons (Fsp3) is 0.286. The van der Waals surface area contributed by atoms with Crippen LogP contribution in [0.25, 0.3) is 11.0 Å². The molecular formula is C14H14N4. The van der Waals surface area contributed by atoms with E-state index in [-0.39, 0.29) is 0 Å². The van der Waals surface area contributed by atoms with E-state index < -0.39 is 0 Å². The van der Waals surface area contributed by atoms with Crippen molar-refractivity contribution in [3.8, 4) is 0 Å². The van der Waals surface area contributed by atoms with Gasteiger partial charge in [-0.2, -0.15) is 5.10 Å². The molecule has 4 rings (SSSR count). The SMILES string of the molecule is C1=C[C@@H]2C/C(=N\Nc3nc4ccccc4[nH]3)[C@@H]2C1. The molecule has 90 valence electrons. The minimum Gasteiger partial charge on any atom is -0.323 e. The van der Waals surface area contributed by atoms with Gasteiger partial charge >= 0.3 is 0 Å². The van der Waals surface area contributed by atoms with E-state index in [1.807, 2.05) is 24.3 Å². The molecule has 1 fully saturated rings. The first-order chi connectivity index (χ1) is 8.90. The van der Waals surface area contributed by atoms with Gasteiger partial charge in [-0.3, -0.25) is 0 Å². The number of aromatic amines is 1. The van der Waals surface area contributed by atoms with Crippen LogP contribution in [0, 0.1) is 11.8 Å². The van der Waals surface area contributed by atoms with Crippen molar-refractivity contribution in [3.05, 3.63) is 36.4 Å². The molecule has 0 amide bonds. The normalized spacial score (nSPS) is 27.4. The Hall–Kier alpha value is -2.10. The molecule has 1 heterocycles. The maximum Gasteiger partial charge on any atom is 0.222 e. The maximum absolute atomic E-state index is 4.47. The molecule has 2 N–H and O–H groups in total. The van der Waals surface area contributed by atoms with E-state index in [1.165, 1.54) is 5.71 Å². The Morgan fingerprint density at radius 1 is 1.33 bits per heavy atom. The van der Waals surface area contributed by atoms with E-state index in [0.29, 0.717) is 5.92 Å². The number of H-pyrrole nitrogens is 1. The standard InChI is InChI=1S/C14H14N4/c1-2-7-12-11(6-1)15-14(16-12)18-17-13-8-9-4-3-5-10(9)13/h1-4,6-7,9-10H,5,8H2,(H2,15,16,18)/b17-13+/t9-,10-/m1/s1.